The van der Waals surface area contributed by atoms with Crippen LogP contribution in [0, 0.1) is 5.41 Å². The minimum Gasteiger partial charge on any atom is -0.355 e. The van der Waals surface area contributed by atoms with Gasteiger partial charge in [0.25, 0.3) is 0 Å². The first kappa shape index (κ1) is 16.4. The summed E-state index contributed by atoms with van der Waals surface area (Å²) in [6, 6.07) is 0. The summed E-state index contributed by atoms with van der Waals surface area (Å²) in [4.78, 5) is 12.3. The molecule has 1 atom stereocenters. The number of hydrogen-bond donors (Lipinski definition) is 2. The van der Waals surface area contributed by atoms with Crippen LogP contribution in [0.5, 0.6) is 0 Å². The molecule has 2 N–H and O–H groups in total. The summed E-state index contributed by atoms with van der Waals surface area (Å²) in [6.07, 6.45) is 3.70. The molecule has 1 fully saturated rings. The molecule has 0 aromatic rings. The molecule has 112 valence electrons. The van der Waals surface area contributed by atoms with Crippen molar-refractivity contribution in [3.05, 3.63) is 0 Å². The second kappa shape index (κ2) is 7.24. The van der Waals surface area contributed by atoms with Crippen LogP contribution in [0.25, 0.3) is 0 Å². The molecule has 0 bridgehead atoms. The summed E-state index contributed by atoms with van der Waals surface area (Å²) < 4.78 is 22.8. The third kappa shape index (κ3) is 4.76. The van der Waals surface area contributed by atoms with Gasteiger partial charge in [-0.2, -0.15) is 0 Å². The maximum absolute atomic E-state index is 12.3. The zero-order valence-electron chi connectivity index (χ0n) is 12.0. The lowest BCUT2D eigenvalue weighted by Gasteiger charge is -2.36. The lowest BCUT2D eigenvalue weighted by Crippen LogP contribution is -2.51. The van der Waals surface area contributed by atoms with E-state index in [1.165, 1.54) is 0 Å². The van der Waals surface area contributed by atoms with Crippen molar-refractivity contribution in [1.29, 1.82) is 0 Å². The average Bonchev–Trinajstić information content (AvgIpc) is 2.40. The van der Waals surface area contributed by atoms with E-state index in [9.17, 15) is 13.2 Å². The maximum atomic E-state index is 12.3. The fourth-order valence-corrected chi connectivity index (χ4v) is 3.32. The molecule has 1 aliphatic heterocycles. The lowest BCUT2D eigenvalue weighted by molar-refractivity contribution is -0.132. The monoisotopic (exact) mass is 290 g/mol. The first-order valence-corrected chi connectivity index (χ1v) is 8.97. The molecule has 0 radical (unpaired) electrons. The molecule has 0 aliphatic carbocycles. The molecule has 0 spiro atoms. The van der Waals surface area contributed by atoms with Crippen LogP contribution in [0.2, 0.25) is 0 Å². The summed E-state index contributed by atoms with van der Waals surface area (Å²) in [7, 11) is -3.01. The normalized spacial score (nSPS) is 24.1. The van der Waals surface area contributed by atoms with E-state index < -0.39 is 9.84 Å². The minimum atomic E-state index is -3.01. The van der Waals surface area contributed by atoms with E-state index in [2.05, 4.69) is 17.6 Å². The molecule has 1 aliphatic rings. The van der Waals surface area contributed by atoms with Crippen LogP contribution in [0.3, 0.4) is 0 Å². The van der Waals surface area contributed by atoms with Crippen molar-refractivity contribution in [3.8, 4) is 0 Å². The summed E-state index contributed by atoms with van der Waals surface area (Å²) >= 11 is 0. The van der Waals surface area contributed by atoms with Crippen LogP contribution in [0.1, 0.15) is 39.5 Å². The van der Waals surface area contributed by atoms with Gasteiger partial charge in [-0.1, -0.05) is 20.3 Å². The van der Waals surface area contributed by atoms with Gasteiger partial charge in [0.15, 0.2) is 9.84 Å². The Morgan fingerprint density at radius 1 is 1.37 bits per heavy atom. The van der Waals surface area contributed by atoms with Crippen LogP contribution >= 0.6 is 0 Å². The standard InChI is InChI=1S/C13H26N2O3S/c1-3-6-13(7-5-8-14-11-13)12(16)15-9-10-19(17,18)4-2/h14H,3-11H2,1-2H3,(H,15,16). The molecule has 1 rings (SSSR count). The van der Waals surface area contributed by atoms with Crippen molar-refractivity contribution in [2.24, 2.45) is 5.41 Å². The highest BCUT2D eigenvalue weighted by Gasteiger charge is 2.38. The third-order valence-electron chi connectivity index (χ3n) is 3.82. The Hall–Kier alpha value is -0.620. The summed E-state index contributed by atoms with van der Waals surface area (Å²) in [5.41, 5.74) is -0.344. The Bertz CT molecular complexity index is 381. The van der Waals surface area contributed by atoms with E-state index in [0.717, 1.165) is 32.2 Å². The van der Waals surface area contributed by atoms with Crippen molar-refractivity contribution in [2.45, 2.75) is 39.5 Å². The molecule has 0 saturated carbocycles. The summed E-state index contributed by atoms with van der Waals surface area (Å²) in [6.45, 7) is 5.59. The van der Waals surface area contributed by atoms with Gasteiger partial charge in [-0.15, -0.1) is 0 Å². The van der Waals surface area contributed by atoms with Crippen molar-refractivity contribution in [2.75, 3.05) is 31.1 Å². The second-order valence-corrected chi connectivity index (χ2v) is 7.78. The Labute approximate surface area is 116 Å². The topological polar surface area (TPSA) is 75.3 Å². The van der Waals surface area contributed by atoms with E-state index in [-0.39, 0.29) is 29.4 Å². The quantitative estimate of drug-likeness (QED) is 0.724. The van der Waals surface area contributed by atoms with E-state index in [4.69, 9.17) is 0 Å². The molecule has 0 aromatic carbocycles. The van der Waals surface area contributed by atoms with Gasteiger partial charge in [0.05, 0.1) is 11.2 Å². The SMILES string of the molecule is CCCC1(C(=O)NCCS(=O)(=O)CC)CCCNC1. The van der Waals surface area contributed by atoms with Crippen molar-refractivity contribution in [1.82, 2.24) is 10.6 Å². The number of rotatable bonds is 7. The number of sulfone groups is 1. The molecular weight excluding hydrogens is 264 g/mol. The number of hydrogen-bond acceptors (Lipinski definition) is 4. The molecule has 1 unspecified atom stereocenters. The van der Waals surface area contributed by atoms with Gasteiger partial charge in [0, 0.05) is 18.8 Å². The summed E-state index contributed by atoms with van der Waals surface area (Å²) in [5, 5.41) is 6.09. The van der Waals surface area contributed by atoms with Crippen LogP contribution in [-0.2, 0) is 14.6 Å². The first-order valence-electron chi connectivity index (χ1n) is 7.15. The average molecular weight is 290 g/mol. The molecule has 5 nitrogen and oxygen atoms in total. The zero-order valence-corrected chi connectivity index (χ0v) is 12.8. The molecule has 1 heterocycles. The van der Waals surface area contributed by atoms with Gasteiger partial charge in [-0.05, 0) is 25.8 Å². The molecule has 19 heavy (non-hydrogen) atoms. The smallest absolute Gasteiger partial charge is 0.227 e. The highest BCUT2D eigenvalue weighted by atomic mass is 32.2. The minimum absolute atomic E-state index is 0.00727. The van der Waals surface area contributed by atoms with E-state index >= 15 is 0 Å². The summed E-state index contributed by atoms with van der Waals surface area (Å²) in [5.74, 6) is 0.169. The fraction of sp³-hybridized carbons (Fsp3) is 0.923. The molecular formula is C13H26N2O3S. The Kier molecular flexibility index (Phi) is 6.26. The predicted molar refractivity (Wildman–Crippen MR) is 76.8 cm³/mol. The highest BCUT2D eigenvalue weighted by Crippen LogP contribution is 2.31. The van der Waals surface area contributed by atoms with Crippen molar-refractivity contribution in [3.63, 3.8) is 0 Å². The maximum Gasteiger partial charge on any atom is 0.227 e. The fourth-order valence-electron chi connectivity index (χ4n) is 2.62. The van der Waals surface area contributed by atoms with Crippen LogP contribution in [-0.4, -0.2) is 45.5 Å². The third-order valence-corrected chi connectivity index (χ3v) is 5.53. The Morgan fingerprint density at radius 3 is 2.63 bits per heavy atom. The second-order valence-electron chi connectivity index (χ2n) is 5.30. The Morgan fingerprint density at radius 2 is 2.11 bits per heavy atom. The molecule has 1 amide bonds. The van der Waals surface area contributed by atoms with Gasteiger partial charge in [-0.25, -0.2) is 8.42 Å². The number of carbonyl (C=O) groups is 1. The molecule has 6 heteroatoms. The zero-order chi connectivity index (χ0) is 14.4. The largest absolute Gasteiger partial charge is 0.355 e. The number of piperidine rings is 1. The predicted octanol–water partition coefficient (Wildman–Crippen LogP) is 0.707. The van der Waals surface area contributed by atoms with Gasteiger partial charge in [0.1, 0.15) is 0 Å². The van der Waals surface area contributed by atoms with Crippen LogP contribution < -0.4 is 10.6 Å². The molecule has 0 aromatic heterocycles. The lowest BCUT2D eigenvalue weighted by atomic mass is 9.76. The number of carbonyl (C=O) groups excluding carboxylic acids is 1. The highest BCUT2D eigenvalue weighted by molar-refractivity contribution is 7.91. The van der Waals surface area contributed by atoms with E-state index in [1.54, 1.807) is 6.92 Å². The number of amides is 1. The van der Waals surface area contributed by atoms with Gasteiger partial charge in [0.2, 0.25) is 5.91 Å². The van der Waals surface area contributed by atoms with Gasteiger partial charge < -0.3 is 10.6 Å². The van der Waals surface area contributed by atoms with Gasteiger partial charge in [-0.3, -0.25) is 4.79 Å². The van der Waals surface area contributed by atoms with E-state index in [1.807, 2.05) is 0 Å². The van der Waals surface area contributed by atoms with Crippen LogP contribution in [0.15, 0.2) is 0 Å². The first-order chi connectivity index (χ1) is 8.96. The van der Waals surface area contributed by atoms with Gasteiger partial charge >= 0.3 is 0 Å². The van der Waals surface area contributed by atoms with Crippen molar-refractivity contribution < 1.29 is 13.2 Å². The van der Waals surface area contributed by atoms with Crippen molar-refractivity contribution >= 4 is 15.7 Å². The Balaban J connectivity index is 2.53. The number of nitrogens with one attached hydrogen (secondary N) is 2. The van der Waals surface area contributed by atoms with E-state index in [0.29, 0.717) is 6.54 Å². The molecule has 1 saturated heterocycles. The van der Waals surface area contributed by atoms with Crippen LogP contribution in [0.4, 0.5) is 0 Å².